The van der Waals surface area contributed by atoms with E-state index in [-0.39, 0.29) is 19.3 Å². The molecule has 1 aromatic carbocycles. The van der Waals surface area contributed by atoms with Crippen LogP contribution in [0.15, 0.2) is 30.5 Å². The fourth-order valence-electron chi connectivity index (χ4n) is 2.89. The summed E-state index contributed by atoms with van der Waals surface area (Å²) in [6, 6.07) is 3.51. The van der Waals surface area contributed by atoms with Crippen molar-refractivity contribution in [2.75, 3.05) is 6.61 Å². The monoisotopic (exact) mass is 419 g/mol. The van der Waals surface area contributed by atoms with E-state index < -0.39 is 48.4 Å². The third-order valence-corrected chi connectivity index (χ3v) is 4.57. The molecule has 0 aliphatic rings. The van der Waals surface area contributed by atoms with Crippen molar-refractivity contribution in [2.24, 2.45) is 11.5 Å². The second kappa shape index (κ2) is 10.4. The third-order valence-electron chi connectivity index (χ3n) is 4.57. The van der Waals surface area contributed by atoms with E-state index in [9.17, 15) is 29.4 Å². The minimum Gasteiger partial charge on any atom is -0.480 e. The predicted octanol–water partition coefficient (Wildman–Crippen LogP) is -1.65. The maximum atomic E-state index is 12.4. The standard InChI is InChI=1S/C19H25N5O6/c20-12(5-6-16(21)26)17(27)24-15(9-25)18(28)23-14(19(29)30)7-10-8-22-13-4-2-1-3-11(10)13/h1-4,8,12,14-15,22,25H,5-7,9,20H2,(H2,21,26)(H,23,28)(H,24,27)(H,29,30)/t12-,14-,15-/m0/s1. The quantitative estimate of drug-likeness (QED) is 0.226. The maximum absolute atomic E-state index is 12.4. The highest BCUT2D eigenvalue weighted by molar-refractivity contribution is 5.92. The van der Waals surface area contributed by atoms with Gasteiger partial charge in [0.25, 0.3) is 0 Å². The number of hydrogen-bond donors (Lipinski definition) is 7. The lowest BCUT2D eigenvalue weighted by molar-refractivity contribution is -0.142. The number of aromatic nitrogens is 1. The molecular weight excluding hydrogens is 394 g/mol. The van der Waals surface area contributed by atoms with Gasteiger partial charge in [-0.2, -0.15) is 0 Å². The second-order valence-corrected chi connectivity index (χ2v) is 6.82. The number of aliphatic hydroxyl groups is 1. The van der Waals surface area contributed by atoms with Gasteiger partial charge in [-0.25, -0.2) is 4.79 Å². The molecule has 0 saturated carbocycles. The van der Waals surface area contributed by atoms with Crippen molar-refractivity contribution in [1.82, 2.24) is 15.6 Å². The number of carboxylic acid groups (broad SMARTS) is 1. The number of carbonyl (C=O) groups is 4. The van der Waals surface area contributed by atoms with Crippen molar-refractivity contribution in [2.45, 2.75) is 37.4 Å². The average molecular weight is 419 g/mol. The first-order chi connectivity index (χ1) is 14.2. The van der Waals surface area contributed by atoms with E-state index in [4.69, 9.17) is 11.5 Å². The molecule has 11 nitrogen and oxygen atoms in total. The van der Waals surface area contributed by atoms with Crippen molar-refractivity contribution in [3.8, 4) is 0 Å². The van der Waals surface area contributed by atoms with Gasteiger partial charge in [0.1, 0.15) is 12.1 Å². The number of carbonyl (C=O) groups excluding carboxylic acids is 3. The van der Waals surface area contributed by atoms with E-state index in [0.29, 0.717) is 5.56 Å². The first kappa shape index (κ1) is 22.8. The minimum atomic E-state index is -1.40. The lowest BCUT2D eigenvalue weighted by atomic mass is 10.0. The number of aliphatic carboxylic acids is 1. The predicted molar refractivity (Wildman–Crippen MR) is 107 cm³/mol. The van der Waals surface area contributed by atoms with Crippen LogP contribution in [0.1, 0.15) is 18.4 Å². The van der Waals surface area contributed by atoms with Crippen LogP contribution in [-0.4, -0.2) is 63.6 Å². The Morgan fingerprint density at radius 3 is 2.37 bits per heavy atom. The molecule has 30 heavy (non-hydrogen) atoms. The number of hydrogen-bond acceptors (Lipinski definition) is 6. The number of para-hydroxylation sites is 1. The minimum absolute atomic E-state index is 0.00466. The summed E-state index contributed by atoms with van der Waals surface area (Å²) in [4.78, 5) is 49.9. The van der Waals surface area contributed by atoms with Crippen LogP contribution in [0.2, 0.25) is 0 Å². The summed E-state index contributed by atoms with van der Waals surface area (Å²) in [6.07, 6.45) is 1.51. The summed E-state index contributed by atoms with van der Waals surface area (Å²) in [5.74, 6) is -3.54. The van der Waals surface area contributed by atoms with Crippen molar-refractivity contribution in [1.29, 1.82) is 0 Å². The van der Waals surface area contributed by atoms with Gasteiger partial charge < -0.3 is 37.3 Å². The summed E-state index contributed by atoms with van der Waals surface area (Å²) in [5, 5.41) is 24.3. The first-order valence-electron chi connectivity index (χ1n) is 9.26. The zero-order chi connectivity index (χ0) is 22.3. The molecule has 1 aromatic heterocycles. The number of rotatable bonds is 11. The highest BCUT2D eigenvalue weighted by Crippen LogP contribution is 2.19. The molecule has 1 heterocycles. The largest absolute Gasteiger partial charge is 0.480 e. The van der Waals surface area contributed by atoms with Crippen molar-refractivity contribution in [3.63, 3.8) is 0 Å². The van der Waals surface area contributed by atoms with Crippen LogP contribution in [0.25, 0.3) is 10.9 Å². The van der Waals surface area contributed by atoms with Crippen molar-refractivity contribution in [3.05, 3.63) is 36.0 Å². The molecule has 2 rings (SSSR count). The van der Waals surface area contributed by atoms with Gasteiger partial charge in [-0.1, -0.05) is 18.2 Å². The van der Waals surface area contributed by atoms with Gasteiger partial charge in [-0.3, -0.25) is 14.4 Å². The zero-order valence-corrected chi connectivity index (χ0v) is 16.1. The van der Waals surface area contributed by atoms with Crippen LogP contribution in [0.4, 0.5) is 0 Å². The van der Waals surface area contributed by atoms with Gasteiger partial charge in [-0.05, 0) is 18.1 Å². The van der Waals surface area contributed by atoms with E-state index in [1.807, 2.05) is 24.3 Å². The lowest BCUT2D eigenvalue weighted by Crippen LogP contribution is -2.56. The normalized spacial score (nSPS) is 13.9. The molecule has 0 fully saturated rings. The van der Waals surface area contributed by atoms with Gasteiger partial charge in [0, 0.05) is 29.9 Å². The Labute approximate surface area is 171 Å². The molecule has 3 atom stereocenters. The maximum Gasteiger partial charge on any atom is 0.326 e. The Morgan fingerprint density at radius 2 is 1.73 bits per heavy atom. The van der Waals surface area contributed by atoms with Crippen LogP contribution in [-0.2, 0) is 25.6 Å². The van der Waals surface area contributed by atoms with E-state index in [0.717, 1.165) is 10.9 Å². The van der Waals surface area contributed by atoms with Crippen molar-refractivity contribution >= 4 is 34.6 Å². The van der Waals surface area contributed by atoms with Crippen molar-refractivity contribution < 1.29 is 29.4 Å². The number of nitrogens with one attached hydrogen (secondary N) is 3. The molecule has 11 heteroatoms. The Bertz CT molecular complexity index is 927. The summed E-state index contributed by atoms with van der Waals surface area (Å²) in [5.41, 5.74) is 12.2. The van der Waals surface area contributed by atoms with Crippen LogP contribution in [0.3, 0.4) is 0 Å². The van der Waals surface area contributed by atoms with Crippen LogP contribution < -0.4 is 22.1 Å². The van der Waals surface area contributed by atoms with Gasteiger partial charge in [0.15, 0.2) is 0 Å². The third kappa shape index (κ3) is 6.03. The van der Waals surface area contributed by atoms with Crippen LogP contribution in [0, 0.1) is 0 Å². The van der Waals surface area contributed by atoms with E-state index in [1.54, 1.807) is 6.20 Å². The molecule has 0 aliphatic carbocycles. The molecule has 2 aromatic rings. The molecule has 0 unspecified atom stereocenters. The highest BCUT2D eigenvalue weighted by Gasteiger charge is 2.28. The number of primary amides is 1. The molecule has 0 spiro atoms. The molecule has 0 aliphatic heterocycles. The average Bonchev–Trinajstić information content (AvgIpc) is 3.12. The number of carboxylic acids is 1. The van der Waals surface area contributed by atoms with Gasteiger partial charge >= 0.3 is 5.97 Å². The lowest BCUT2D eigenvalue weighted by Gasteiger charge is -2.21. The number of aliphatic hydroxyl groups excluding tert-OH is 1. The van der Waals surface area contributed by atoms with E-state index >= 15 is 0 Å². The van der Waals surface area contributed by atoms with Gasteiger partial charge in [-0.15, -0.1) is 0 Å². The van der Waals surface area contributed by atoms with E-state index in [2.05, 4.69) is 15.6 Å². The molecule has 162 valence electrons. The summed E-state index contributed by atoms with van der Waals surface area (Å²) < 4.78 is 0. The molecule has 0 radical (unpaired) electrons. The first-order valence-corrected chi connectivity index (χ1v) is 9.26. The summed E-state index contributed by atoms with van der Waals surface area (Å²) >= 11 is 0. The number of aromatic amines is 1. The number of fused-ring (bicyclic) bond motifs is 1. The Hall–Kier alpha value is -3.44. The number of amides is 3. The highest BCUT2D eigenvalue weighted by atomic mass is 16.4. The SMILES string of the molecule is NC(=O)CC[C@H](N)C(=O)N[C@@H](CO)C(=O)N[C@@H](Cc1c[nH]c2ccccc12)C(=O)O. The molecule has 3 amide bonds. The van der Waals surface area contributed by atoms with Gasteiger partial charge in [0.05, 0.1) is 12.6 Å². The summed E-state index contributed by atoms with van der Waals surface area (Å²) in [7, 11) is 0. The smallest absolute Gasteiger partial charge is 0.326 e. The molecular formula is C19H25N5O6. The Balaban J connectivity index is 2.02. The van der Waals surface area contributed by atoms with Gasteiger partial charge in [0.2, 0.25) is 17.7 Å². The molecule has 0 saturated heterocycles. The number of benzene rings is 1. The van der Waals surface area contributed by atoms with Crippen LogP contribution >= 0.6 is 0 Å². The fourth-order valence-corrected chi connectivity index (χ4v) is 2.89. The zero-order valence-electron chi connectivity index (χ0n) is 16.1. The number of nitrogens with two attached hydrogens (primary N) is 2. The summed E-state index contributed by atoms with van der Waals surface area (Å²) in [6.45, 7) is -0.764. The number of H-pyrrole nitrogens is 1. The Kier molecular flexibility index (Phi) is 7.90. The molecule has 9 N–H and O–H groups in total. The van der Waals surface area contributed by atoms with Crippen LogP contribution in [0.5, 0.6) is 0 Å². The molecule has 0 bridgehead atoms. The topological polar surface area (TPSA) is 201 Å². The fraction of sp³-hybridized carbons (Fsp3) is 0.368. The second-order valence-electron chi connectivity index (χ2n) is 6.82. The Morgan fingerprint density at radius 1 is 1.07 bits per heavy atom. The van der Waals surface area contributed by atoms with E-state index in [1.165, 1.54) is 0 Å².